The molecular weight excluding hydrogens is 414 g/mol. The van der Waals surface area contributed by atoms with Gasteiger partial charge >= 0.3 is 0 Å². The Bertz CT molecular complexity index is 716. The smallest absolute Gasteiger partial charge is 0.255 e. The van der Waals surface area contributed by atoms with Gasteiger partial charge in [0.2, 0.25) is 0 Å². The molecule has 1 aromatic rings. The molecule has 0 saturated carbocycles. The van der Waals surface area contributed by atoms with E-state index in [1.165, 1.54) is 52.6 Å². The summed E-state index contributed by atoms with van der Waals surface area (Å²) in [6, 6.07) is 3.36. The molecule has 2 fully saturated rings. The summed E-state index contributed by atoms with van der Waals surface area (Å²) >= 11 is 6.11. The molecule has 7 nitrogen and oxygen atoms in total. The third kappa shape index (κ3) is 6.97. The highest BCUT2D eigenvalue weighted by atomic mass is 35.5. The Morgan fingerprint density at radius 2 is 1.81 bits per heavy atom. The van der Waals surface area contributed by atoms with Crippen LogP contribution in [-0.2, 0) is 0 Å². The van der Waals surface area contributed by atoms with Gasteiger partial charge in [0.15, 0.2) is 0 Å². The van der Waals surface area contributed by atoms with Crippen LogP contribution in [-0.4, -0.2) is 74.7 Å². The first-order chi connectivity index (χ1) is 15.0. The van der Waals surface area contributed by atoms with Gasteiger partial charge < -0.3 is 31.3 Å². The lowest BCUT2D eigenvalue weighted by Gasteiger charge is -2.38. The number of carbonyl (C=O) groups excluding carboxylic acids is 1. The van der Waals surface area contributed by atoms with Crippen molar-refractivity contribution in [2.24, 2.45) is 11.7 Å². The molecule has 0 spiro atoms. The van der Waals surface area contributed by atoms with Crippen LogP contribution in [0.4, 0.5) is 5.69 Å². The van der Waals surface area contributed by atoms with Gasteiger partial charge in [0.05, 0.1) is 23.4 Å². The zero-order valence-electron chi connectivity index (χ0n) is 18.7. The molecule has 0 bridgehead atoms. The molecule has 0 radical (unpaired) electrons. The van der Waals surface area contributed by atoms with Crippen molar-refractivity contribution in [1.29, 1.82) is 0 Å². The second kappa shape index (κ2) is 11.9. The Kier molecular flexibility index (Phi) is 9.26. The normalized spacial score (nSPS) is 19.5. The number of methoxy groups -OCH3 is 1. The van der Waals surface area contributed by atoms with Gasteiger partial charge in [-0.2, -0.15) is 0 Å². The summed E-state index contributed by atoms with van der Waals surface area (Å²) < 4.78 is 5.31. The fourth-order valence-corrected chi connectivity index (χ4v) is 4.84. The van der Waals surface area contributed by atoms with Gasteiger partial charge in [-0.25, -0.2) is 0 Å². The highest BCUT2D eigenvalue weighted by molar-refractivity contribution is 6.33. The number of likely N-dealkylation sites (tertiary alicyclic amines) is 2. The summed E-state index contributed by atoms with van der Waals surface area (Å²) in [4.78, 5) is 17.9. The number of hydrogen-bond donors (Lipinski definition) is 3. The summed E-state index contributed by atoms with van der Waals surface area (Å²) in [5, 5.41) is 3.52. The van der Waals surface area contributed by atoms with E-state index >= 15 is 0 Å². The molecule has 31 heavy (non-hydrogen) atoms. The zero-order valence-corrected chi connectivity index (χ0v) is 19.5. The number of anilines is 1. The van der Waals surface area contributed by atoms with E-state index in [1.54, 1.807) is 12.1 Å². The van der Waals surface area contributed by atoms with Gasteiger partial charge in [0, 0.05) is 31.7 Å². The monoisotopic (exact) mass is 451 g/mol. The Morgan fingerprint density at radius 3 is 2.45 bits per heavy atom. The van der Waals surface area contributed by atoms with Crippen LogP contribution in [0.2, 0.25) is 5.02 Å². The molecule has 8 heteroatoms. The van der Waals surface area contributed by atoms with Crippen molar-refractivity contribution in [3.8, 4) is 5.75 Å². The molecule has 3 rings (SSSR count). The second-order valence-corrected chi connectivity index (χ2v) is 9.31. The number of halogens is 1. The Morgan fingerprint density at radius 1 is 1.13 bits per heavy atom. The molecule has 2 aliphatic rings. The fraction of sp³-hybridized carbons (Fsp3) is 0.696. The van der Waals surface area contributed by atoms with Crippen molar-refractivity contribution in [2.45, 2.75) is 44.6 Å². The van der Waals surface area contributed by atoms with Gasteiger partial charge in [-0.05, 0) is 76.7 Å². The zero-order chi connectivity index (χ0) is 22.2. The molecule has 0 aliphatic carbocycles. The number of nitrogens with one attached hydrogen (secondary N) is 1. The summed E-state index contributed by atoms with van der Waals surface area (Å²) in [6.07, 6.45) is 6.86. The van der Waals surface area contributed by atoms with E-state index in [2.05, 4.69) is 15.1 Å². The van der Waals surface area contributed by atoms with Crippen molar-refractivity contribution >= 4 is 23.2 Å². The van der Waals surface area contributed by atoms with Crippen LogP contribution in [0.5, 0.6) is 5.75 Å². The number of amides is 1. The molecule has 174 valence electrons. The first-order valence-corrected chi connectivity index (χ1v) is 12.0. The Labute approximate surface area is 191 Å². The number of benzene rings is 1. The maximum absolute atomic E-state index is 12.8. The van der Waals surface area contributed by atoms with E-state index in [4.69, 9.17) is 27.8 Å². The lowest BCUT2D eigenvalue weighted by atomic mass is 9.94. The number of nitrogen functional groups attached to an aromatic ring is 1. The number of hydrogen-bond acceptors (Lipinski definition) is 6. The summed E-state index contributed by atoms with van der Waals surface area (Å²) in [5.41, 5.74) is 12.3. The molecule has 1 aromatic carbocycles. The highest BCUT2D eigenvalue weighted by Crippen LogP contribution is 2.29. The second-order valence-electron chi connectivity index (χ2n) is 8.90. The fourth-order valence-electron chi connectivity index (χ4n) is 4.68. The average molecular weight is 452 g/mol. The van der Waals surface area contributed by atoms with Crippen LogP contribution in [0.3, 0.4) is 0 Å². The number of piperidine rings is 2. The molecule has 2 aliphatic heterocycles. The van der Waals surface area contributed by atoms with Crippen molar-refractivity contribution in [3.63, 3.8) is 0 Å². The molecule has 0 unspecified atom stereocenters. The maximum atomic E-state index is 12.8. The van der Waals surface area contributed by atoms with Crippen molar-refractivity contribution in [2.75, 3.05) is 58.7 Å². The molecule has 2 heterocycles. The Balaban J connectivity index is 1.39. The first kappa shape index (κ1) is 24.1. The average Bonchev–Trinajstić information content (AvgIpc) is 2.78. The Hall–Kier alpha value is -1.54. The van der Waals surface area contributed by atoms with Gasteiger partial charge in [0.1, 0.15) is 5.75 Å². The lowest BCUT2D eigenvalue weighted by molar-refractivity contribution is 0.0888. The molecule has 1 amide bonds. The van der Waals surface area contributed by atoms with Gasteiger partial charge in [0.25, 0.3) is 5.91 Å². The summed E-state index contributed by atoms with van der Waals surface area (Å²) in [7, 11) is 1.53. The molecule has 5 N–H and O–H groups in total. The molecule has 2 saturated heterocycles. The number of carbonyl (C=O) groups is 1. The largest absolute Gasteiger partial charge is 0.496 e. The number of nitrogens with two attached hydrogens (primary N) is 2. The van der Waals surface area contributed by atoms with Crippen molar-refractivity contribution in [1.82, 2.24) is 15.1 Å². The standard InChI is InChI=1S/C23H38ClN5O2/c1-31-22-15-21(26)20(24)14-19(22)23(30)27-18-6-12-29(13-7-18)16-17-4-10-28(11-5-17)9-3-2-8-25/h14-15,17-18H,2-13,16,25-26H2,1H3,(H,27,30). The van der Waals surface area contributed by atoms with E-state index in [0.717, 1.165) is 44.8 Å². The van der Waals surface area contributed by atoms with Crippen molar-refractivity contribution < 1.29 is 9.53 Å². The van der Waals surface area contributed by atoms with Crippen molar-refractivity contribution in [3.05, 3.63) is 22.7 Å². The highest BCUT2D eigenvalue weighted by Gasteiger charge is 2.26. The van der Waals surface area contributed by atoms with Crippen LogP contribution in [0.1, 0.15) is 48.9 Å². The molecular formula is C23H38ClN5O2. The number of nitrogens with zero attached hydrogens (tertiary/aromatic N) is 2. The van der Waals surface area contributed by atoms with Crippen LogP contribution in [0, 0.1) is 5.92 Å². The van der Waals surface area contributed by atoms with Crippen LogP contribution < -0.4 is 21.5 Å². The van der Waals surface area contributed by atoms with Gasteiger partial charge in [-0.1, -0.05) is 11.6 Å². The SMILES string of the molecule is COc1cc(N)c(Cl)cc1C(=O)NC1CCN(CC2CCN(CCCCN)CC2)CC1. The predicted molar refractivity (Wildman–Crippen MR) is 127 cm³/mol. The molecule has 0 aromatic heterocycles. The van der Waals surface area contributed by atoms with Crippen LogP contribution >= 0.6 is 11.6 Å². The first-order valence-electron chi connectivity index (χ1n) is 11.6. The van der Waals surface area contributed by atoms with Crippen LogP contribution in [0.15, 0.2) is 12.1 Å². The molecule has 0 atom stereocenters. The predicted octanol–water partition coefficient (Wildman–Crippen LogP) is 2.58. The topological polar surface area (TPSA) is 96.8 Å². The number of rotatable bonds is 9. The van der Waals surface area contributed by atoms with Crippen LogP contribution in [0.25, 0.3) is 0 Å². The van der Waals surface area contributed by atoms with E-state index in [9.17, 15) is 4.79 Å². The third-order valence-corrected chi connectivity index (χ3v) is 6.97. The van der Waals surface area contributed by atoms with E-state index in [-0.39, 0.29) is 11.9 Å². The van der Waals surface area contributed by atoms with E-state index in [1.807, 2.05) is 0 Å². The van der Waals surface area contributed by atoms with Gasteiger partial charge in [-0.15, -0.1) is 0 Å². The lowest BCUT2D eigenvalue weighted by Crippen LogP contribution is -2.47. The minimum Gasteiger partial charge on any atom is -0.496 e. The number of ether oxygens (including phenoxy) is 1. The summed E-state index contributed by atoms with van der Waals surface area (Å²) in [5.74, 6) is 1.09. The summed E-state index contributed by atoms with van der Waals surface area (Å²) in [6.45, 7) is 7.66. The maximum Gasteiger partial charge on any atom is 0.255 e. The van der Waals surface area contributed by atoms with E-state index in [0.29, 0.717) is 22.0 Å². The minimum absolute atomic E-state index is 0.154. The third-order valence-electron chi connectivity index (χ3n) is 6.64. The van der Waals surface area contributed by atoms with Gasteiger partial charge in [-0.3, -0.25) is 4.79 Å². The van der Waals surface area contributed by atoms with E-state index < -0.39 is 0 Å². The number of unbranched alkanes of at least 4 members (excludes halogenated alkanes) is 1. The minimum atomic E-state index is -0.154. The quantitative estimate of drug-likeness (QED) is 0.394.